The first-order valence-corrected chi connectivity index (χ1v) is 18.2. The van der Waals surface area contributed by atoms with E-state index in [9.17, 15) is 0 Å². The molecule has 0 aliphatic rings. The number of benzene rings is 9. The van der Waals surface area contributed by atoms with Gasteiger partial charge in [0.25, 0.3) is 0 Å². The van der Waals surface area contributed by atoms with E-state index in [4.69, 9.17) is 0 Å². The van der Waals surface area contributed by atoms with Crippen LogP contribution in [-0.2, 0) is 0 Å². The van der Waals surface area contributed by atoms with Crippen molar-refractivity contribution in [3.8, 4) is 5.69 Å². The lowest BCUT2D eigenvalue weighted by atomic mass is 9.96. The number of para-hydroxylation sites is 2. The van der Waals surface area contributed by atoms with E-state index < -0.39 is 0 Å². The van der Waals surface area contributed by atoms with Gasteiger partial charge < -0.3 is 9.47 Å². The van der Waals surface area contributed by atoms with Gasteiger partial charge in [0.05, 0.1) is 11.0 Å². The molecule has 0 amide bonds. The normalized spacial score (nSPS) is 11.9. The van der Waals surface area contributed by atoms with Crippen LogP contribution < -0.4 is 4.90 Å². The van der Waals surface area contributed by atoms with Crippen molar-refractivity contribution in [1.29, 1.82) is 0 Å². The van der Waals surface area contributed by atoms with E-state index in [2.05, 4.69) is 191 Å². The first-order chi connectivity index (χ1) is 25.3. The number of fused-ring (bicyclic) bond motifs is 11. The topological polar surface area (TPSA) is 8.17 Å². The summed E-state index contributed by atoms with van der Waals surface area (Å²) in [5.74, 6) is 0. The third kappa shape index (κ3) is 4.35. The molecule has 2 nitrogen and oxygen atoms in total. The quantitative estimate of drug-likeness (QED) is 0.170. The Kier molecular flexibility index (Phi) is 6.16. The number of rotatable bonds is 4. The maximum atomic E-state index is 2.44. The smallest absolute Gasteiger partial charge is 0.0542 e. The molecule has 0 bridgehead atoms. The molecule has 11 aromatic rings. The van der Waals surface area contributed by atoms with Gasteiger partial charge in [-0.15, -0.1) is 11.3 Å². The van der Waals surface area contributed by atoms with E-state index in [1.807, 2.05) is 11.3 Å². The van der Waals surface area contributed by atoms with E-state index in [0.29, 0.717) is 0 Å². The molecular formula is C48H30N2S. The Balaban J connectivity index is 1.19. The summed E-state index contributed by atoms with van der Waals surface area (Å²) in [6, 6.07) is 66.9. The van der Waals surface area contributed by atoms with Crippen LogP contribution in [0.15, 0.2) is 182 Å². The van der Waals surface area contributed by atoms with E-state index in [0.717, 1.165) is 22.7 Å². The highest BCUT2D eigenvalue weighted by molar-refractivity contribution is 7.25. The Labute approximate surface area is 298 Å². The minimum absolute atomic E-state index is 1.13. The van der Waals surface area contributed by atoms with Crippen molar-refractivity contribution in [3.05, 3.63) is 182 Å². The molecule has 0 aliphatic carbocycles. The summed E-state index contributed by atoms with van der Waals surface area (Å²) in [5, 5.41) is 12.7. The van der Waals surface area contributed by atoms with E-state index >= 15 is 0 Å². The predicted molar refractivity (Wildman–Crippen MR) is 221 cm³/mol. The highest BCUT2D eigenvalue weighted by Gasteiger charge is 2.19. The highest BCUT2D eigenvalue weighted by Crippen LogP contribution is 2.44. The van der Waals surface area contributed by atoms with E-state index in [1.54, 1.807) is 0 Å². The lowest BCUT2D eigenvalue weighted by Crippen LogP contribution is -2.10. The third-order valence-corrected chi connectivity index (χ3v) is 11.7. The van der Waals surface area contributed by atoms with Gasteiger partial charge in [-0.3, -0.25) is 0 Å². The van der Waals surface area contributed by atoms with Crippen LogP contribution >= 0.6 is 11.3 Å². The predicted octanol–water partition coefficient (Wildman–Crippen LogP) is 14.1. The average Bonchev–Trinajstić information content (AvgIpc) is 3.73. The molecule has 2 heterocycles. The summed E-state index contributed by atoms with van der Waals surface area (Å²) in [6.07, 6.45) is 0. The Morgan fingerprint density at radius 3 is 1.73 bits per heavy atom. The van der Waals surface area contributed by atoms with Crippen LogP contribution in [0, 0.1) is 0 Å². The fourth-order valence-corrected chi connectivity index (χ4v) is 9.29. The first-order valence-electron chi connectivity index (χ1n) is 17.4. The Hall–Kier alpha value is -6.42. The van der Waals surface area contributed by atoms with E-state index in [-0.39, 0.29) is 0 Å². The Morgan fingerprint density at radius 1 is 0.333 bits per heavy atom. The summed E-state index contributed by atoms with van der Waals surface area (Å²) in [4.78, 5) is 2.44. The van der Waals surface area contributed by atoms with Crippen LogP contribution in [0.5, 0.6) is 0 Å². The van der Waals surface area contributed by atoms with Crippen molar-refractivity contribution in [3.63, 3.8) is 0 Å². The van der Waals surface area contributed by atoms with Crippen molar-refractivity contribution in [2.24, 2.45) is 0 Å². The van der Waals surface area contributed by atoms with Gasteiger partial charge in [0.2, 0.25) is 0 Å². The largest absolute Gasteiger partial charge is 0.310 e. The lowest BCUT2D eigenvalue weighted by molar-refractivity contribution is 1.18. The molecule has 0 N–H and O–H groups in total. The van der Waals surface area contributed by atoms with Gasteiger partial charge in [-0.25, -0.2) is 0 Å². The number of nitrogens with zero attached hydrogens (tertiary/aromatic N) is 2. The van der Waals surface area contributed by atoms with Crippen LogP contribution in [0.3, 0.4) is 0 Å². The second-order valence-electron chi connectivity index (χ2n) is 13.4. The van der Waals surface area contributed by atoms with Crippen LogP contribution in [0.25, 0.3) is 80.0 Å². The molecule has 0 spiro atoms. The summed E-state index contributed by atoms with van der Waals surface area (Å²) in [7, 11) is 0. The molecule has 0 saturated heterocycles. The summed E-state index contributed by atoms with van der Waals surface area (Å²) in [5.41, 5.74) is 6.97. The lowest BCUT2D eigenvalue weighted by Gasteiger charge is -2.26. The molecule has 0 radical (unpaired) electrons. The van der Waals surface area contributed by atoms with Gasteiger partial charge in [0.15, 0.2) is 0 Å². The van der Waals surface area contributed by atoms with Gasteiger partial charge in [0, 0.05) is 53.7 Å². The Morgan fingerprint density at radius 2 is 0.882 bits per heavy atom. The molecule has 0 aliphatic heterocycles. The van der Waals surface area contributed by atoms with Crippen molar-refractivity contribution in [1.82, 2.24) is 4.57 Å². The van der Waals surface area contributed by atoms with Crippen LogP contribution in [0.1, 0.15) is 0 Å². The summed E-state index contributed by atoms with van der Waals surface area (Å²) < 4.78 is 5.00. The zero-order valence-electron chi connectivity index (χ0n) is 27.6. The number of thiophene rings is 1. The highest BCUT2D eigenvalue weighted by atomic mass is 32.1. The maximum absolute atomic E-state index is 2.44. The number of hydrogen-bond donors (Lipinski definition) is 0. The molecule has 0 atom stereocenters. The summed E-state index contributed by atoms with van der Waals surface area (Å²) in [6.45, 7) is 0. The van der Waals surface area contributed by atoms with Gasteiger partial charge in [0.1, 0.15) is 0 Å². The number of hydrogen-bond acceptors (Lipinski definition) is 2. The molecule has 9 aromatic carbocycles. The molecule has 2 aromatic heterocycles. The van der Waals surface area contributed by atoms with Crippen molar-refractivity contribution in [2.75, 3.05) is 4.90 Å². The third-order valence-electron chi connectivity index (χ3n) is 10.5. The fourth-order valence-electron chi connectivity index (χ4n) is 8.20. The molecule has 3 heteroatoms. The second kappa shape index (κ2) is 11.0. The fraction of sp³-hybridized carbons (Fsp3) is 0. The molecular weight excluding hydrogens is 637 g/mol. The number of aromatic nitrogens is 1. The standard InChI is InChI=1S/C48H30N2S/c1-2-11-33(12-3-1)50-45-16-8-6-14-40(45)43-29-35(22-26-46(43)50)49(36-23-27-48-44(30-36)41-15-7-9-17-47(41)51-48)34-21-18-32-20-24-38-37-13-5-4-10-31(37)19-25-39(38)42(32)28-34/h1-30H. The minimum Gasteiger partial charge on any atom is -0.310 e. The SMILES string of the molecule is c1ccc(-n2c3ccccc3c3cc(N(c4ccc5ccc6c7ccccc7ccc6c5c4)c4ccc5sc6ccccc6c5c4)ccc32)cc1. The molecule has 0 saturated carbocycles. The van der Waals surface area contributed by atoms with Gasteiger partial charge in [-0.2, -0.15) is 0 Å². The van der Waals surface area contributed by atoms with Crippen molar-refractivity contribution in [2.45, 2.75) is 0 Å². The van der Waals surface area contributed by atoms with Gasteiger partial charge in [-0.05, 0) is 105 Å². The molecule has 51 heavy (non-hydrogen) atoms. The van der Waals surface area contributed by atoms with Crippen molar-refractivity contribution < 1.29 is 0 Å². The first kappa shape index (κ1) is 28.4. The average molecular weight is 667 g/mol. The molecule has 0 fully saturated rings. The molecule has 0 unspecified atom stereocenters. The van der Waals surface area contributed by atoms with Gasteiger partial charge in [-0.1, -0.05) is 109 Å². The van der Waals surface area contributed by atoms with Crippen LogP contribution in [-0.4, -0.2) is 4.57 Å². The van der Waals surface area contributed by atoms with Gasteiger partial charge >= 0.3 is 0 Å². The van der Waals surface area contributed by atoms with Crippen molar-refractivity contribution >= 4 is 103 Å². The minimum atomic E-state index is 1.13. The molecule has 11 rings (SSSR count). The molecule has 238 valence electrons. The number of anilines is 3. The zero-order valence-corrected chi connectivity index (χ0v) is 28.4. The van der Waals surface area contributed by atoms with Crippen LogP contribution in [0.4, 0.5) is 17.1 Å². The van der Waals surface area contributed by atoms with E-state index in [1.165, 1.54) is 74.3 Å². The second-order valence-corrected chi connectivity index (χ2v) is 14.4. The Bertz CT molecular complexity index is 3150. The summed E-state index contributed by atoms with van der Waals surface area (Å²) >= 11 is 1.86. The zero-order chi connectivity index (χ0) is 33.5. The monoisotopic (exact) mass is 666 g/mol. The van der Waals surface area contributed by atoms with Crippen LogP contribution in [0.2, 0.25) is 0 Å². The maximum Gasteiger partial charge on any atom is 0.0542 e.